The van der Waals surface area contributed by atoms with E-state index in [0.29, 0.717) is 6.04 Å². The Morgan fingerprint density at radius 3 is 2.86 bits per heavy atom. The Kier molecular flexibility index (Phi) is 4.25. The lowest BCUT2D eigenvalue weighted by atomic mass is 9.91. The predicted octanol–water partition coefficient (Wildman–Crippen LogP) is 2.95. The van der Waals surface area contributed by atoms with Gasteiger partial charge in [0, 0.05) is 24.2 Å². The van der Waals surface area contributed by atoms with Crippen molar-refractivity contribution in [3.63, 3.8) is 0 Å². The number of methoxy groups -OCH3 is 1. The summed E-state index contributed by atoms with van der Waals surface area (Å²) in [5.74, 6) is 1.95. The largest absolute Gasteiger partial charge is 0.497 e. The van der Waals surface area contributed by atoms with E-state index in [4.69, 9.17) is 10.5 Å². The van der Waals surface area contributed by atoms with Crippen LogP contribution in [0.4, 0.5) is 5.82 Å². The summed E-state index contributed by atoms with van der Waals surface area (Å²) >= 11 is 0. The van der Waals surface area contributed by atoms with Crippen LogP contribution >= 0.6 is 0 Å². The molecule has 1 aliphatic rings. The van der Waals surface area contributed by atoms with Crippen LogP contribution in [-0.4, -0.2) is 31.2 Å². The fraction of sp³-hybridized carbons (Fsp3) is 0.471. The molecule has 112 valence electrons. The van der Waals surface area contributed by atoms with Gasteiger partial charge in [-0.25, -0.2) is 4.98 Å². The second-order valence-corrected chi connectivity index (χ2v) is 5.64. The summed E-state index contributed by atoms with van der Waals surface area (Å²) in [6.45, 7) is 1.70. The molecule has 0 radical (unpaired) electrons. The van der Waals surface area contributed by atoms with Gasteiger partial charge in [-0.15, -0.1) is 0 Å². The number of pyridine rings is 1. The van der Waals surface area contributed by atoms with Crippen molar-refractivity contribution in [3.05, 3.63) is 30.5 Å². The topological polar surface area (TPSA) is 51.4 Å². The first-order chi connectivity index (χ1) is 10.3. The van der Waals surface area contributed by atoms with Crippen LogP contribution in [0.3, 0.4) is 0 Å². The lowest BCUT2D eigenvalue weighted by molar-refractivity contribution is 0.383. The molecule has 1 aromatic carbocycles. The molecular formula is C17H23N3O. The van der Waals surface area contributed by atoms with Crippen molar-refractivity contribution >= 4 is 16.6 Å². The minimum absolute atomic E-state index is 0.612. The fourth-order valence-electron chi connectivity index (χ4n) is 2.91. The van der Waals surface area contributed by atoms with E-state index in [1.54, 1.807) is 7.11 Å². The summed E-state index contributed by atoms with van der Waals surface area (Å²) in [5.41, 5.74) is 5.71. The van der Waals surface area contributed by atoms with Crippen molar-refractivity contribution in [3.8, 4) is 5.75 Å². The van der Waals surface area contributed by atoms with Crippen LogP contribution in [0, 0.1) is 0 Å². The Hall–Kier alpha value is -1.81. The van der Waals surface area contributed by atoms with E-state index >= 15 is 0 Å². The normalized spacial score (nSPS) is 15.0. The number of anilines is 1. The molecule has 1 saturated carbocycles. The molecule has 1 heterocycles. The molecule has 0 saturated heterocycles. The van der Waals surface area contributed by atoms with Crippen LogP contribution in [0.2, 0.25) is 0 Å². The maximum absolute atomic E-state index is 5.71. The number of nitrogens with two attached hydrogens (primary N) is 1. The molecule has 4 nitrogen and oxygen atoms in total. The number of benzene rings is 1. The number of aromatic nitrogens is 1. The minimum atomic E-state index is 0.612. The highest BCUT2D eigenvalue weighted by molar-refractivity contribution is 5.93. The third-order valence-electron chi connectivity index (χ3n) is 4.34. The second kappa shape index (κ2) is 6.31. The van der Waals surface area contributed by atoms with Crippen molar-refractivity contribution in [2.24, 2.45) is 5.73 Å². The molecule has 1 aromatic heterocycles. The van der Waals surface area contributed by atoms with Gasteiger partial charge in [-0.1, -0.05) is 6.07 Å². The highest BCUT2D eigenvalue weighted by Crippen LogP contribution is 2.34. The van der Waals surface area contributed by atoms with Crippen molar-refractivity contribution in [2.45, 2.75) is 31.7 Å². The van der Waals surface area contributed by atoms with Gasteiger partial charge >= 0.3 is 0 Å². The number of hydrogen-bond donors (Lipinski definition) is 1. The van der Waals surface area contributed by atoms with Gasteiger partial charge in [0.1, 0.15) is 11.6 Å². The predicted molar refractivity (Wildman–Crippen MR) is 87.0 cm³/mol. The lowest BCUT2D eigenvalue weighted by Crippen LogP contribution is -2.42. The molecule has 0 amide bonds. The van der Waals surface area contributed by atoms with Gasteiger partial charge in [0.05, 0.1) is 7.11 Å². The first-order valence-corrected chi connectivity index (χ1v) is 7.73. The minimum Gasteiger partial charge on any atom is -0.497 e. The molecule has 21 heavy (non-hydrogen) atoms. The van der Waals surface area contributed by atoms with Crippen LogP contribution in [0.15, 0.2) is 30.5 Å². The van der Waals surface area contributed by atoms with E-state index < -0.39 is 0 Å². The molecule has 2 aromatic rings. The first kappa shape index (κ1) is 14.1. The van der Waals surface area contributed by atoms with E-state index in [2.05, 4.69) is 28.1 Å². The van der Waals surface area contributed by atoms with Crippen LogP contribution in [0.25, 0.3) is 10.8 Å². The summed E-state index contributed by atoms with van der Waals surface area (Å²) < 4.78 is 5.37. The summed E-state index contributed by atoms with van der Waals surface area (Å²) in [5, 5.41) is 2.37. The zero-order valence-corrected chi connectivity index (χ0v) is 12.6. The number of hydrogen-bond acceptors (Lipinski definition) is 4. The molecule has 0 atom stereocenters. The smallest absolute Gasteiger partial charge is 0.136 e. The molecule has 0 aliphatic heterocycles. The van der Waals surface area contributed by atoms with Crippen molar-refractivity contribution < 1.29 is 4.74 Å². The maximum Gasteiger partial charge on any atom is 0.136 e. The van der Waals surface area contributed by atoms with E-state index in [9.17, 15) is 0 Å². The quantitative estimate of drug-likeness (QED) is 0.886. The maximum atomic E-state index is 5.71. The molecule has 0 unspecified atom stereocenters. The Balaban J connectivity index is 2.02. The summed E-state index contributed by atoms with van der Waals surface area (Å²) in [7, 11) is 1.70. The van der Waals surface area contributed by atoms with E-state index in [1.807, 2.05) is 12.3 Å². The SMILES string of the molecule is COc1ccc2ccnc(N(CCCN)C3CCC3)c2c1. The summed E-state index contributed by atoms with van der Waals surface area (Å²) in [4.78, 5) is 7.11. The third-order valence-corrected chi connectivity index (χ3v) is 4.34. The van der Waals surface area contributed by atoms with Crippen molar-refractivity contribution in [1.82, 2.24) is 4.98 Å². The first-order valence-electron chi connectivity index (χ1n) is 7.73. The second-order valence-electron chi connectivity index (χ2n) is 5.64. The molecule has 2 N–H and O–H groups in total. The third kappa shape index (κ3) is 2.81. The Bertz CT molecular complexity index is 610. The van der Waals surface area contributed by atoms with Gasteiger partial charge in [0.25, 0.3) is 0 Å². The van der Waals surface area contributed by atoms with Crippen LogP contribution in [0.5, 0.6) is 5.75 Å². The summed E-state index contributed by atoms with van der Waals surface area (Å²) in [6.07, 6.45) is 6.73. The molecule has 1 aliphatic carbocycles. The average molecular weight is 285 g/mol. The van der Waals surface area contributed by atoms with E-state index in [-0.39, 0.29) is 0 Å². The van der Waals surface area contributed by atoms with Gasteiger partial charge < -0.3 is 15.4 Å². The van der Waals surface area contributed by atoms with Gasteiger partial charge in [-0.2, -0.15) is 0 Å². The van der Waals surface area contributed by atoms with Crippen LogP contribution in [0.1, 0.15) is 25.7 Å². The molecule has 0 spiro atoms. The lowest BCUT2D eigenvalue weighted by Gasteiger charge is -2.39. The molecule has 0 bridgehead atoms. The Morgan fingerprint density at radius 1 is 1.33 bits per heavy atom. The molecule has 4 heteroatoms. The van der Waals surface area contributed by atoms with Gasteiger partial charge in [0.15, 0.2) is 0 Å². The van der Waals surface area contributed by atoms with Crippen LogP contribution in [-0.2, 0) is 0 Å². The highest BCUT2D eigenvalue weighted by Gasteiger charge is 2.26. The summed E-state index contributed by atoms with van der Waals surface area (Å²) in [6, 6.07) is 8.85. The number of fused-ring (bicyclic) bond motifs is 1. The molecule has 3 rings (SSSR count). The monoisotopic (exact) mass is 285 g/mol. The van der Waals surface area contributed by atoms with Gasteiger partial charge in [-0.05, 0) is 55.8 Å². The number of ether oxygens (including phenoxy) is 1. The molecule has 1 fully saturated rings. The van der Waals surface area contributed by atoms with E-state index in [1.165, 1.54) is 30.0 Å². The zero-order chi connectivity index (χ0) is 14.7. The molecular weight excluding hydrogens is 262 g/mol. The van der Waals surface area contributed by atoms with Gasteiger partial charge in [0.2, 0.25) is 0 Å². The number of nitrogens with zero attached hydrogens (tertiary/aromatic N) is 2. The zero-order valence-electron chi connectivity index (χ0n) is 12.6. The fourth-order valence-corrected chi connectivity index (χ4v) is 2.91. The van der Waals surface area contributed by atoms with Crippen LogP contribution < -0.4 is 15.4 Å². The Labute approximate surface area is 125 Å². The average Bonchev–Trinajstić information content (AvgIpc) is 2.48. The van der Waals surface area contributed by atoms with Gasteiger partial charge in [-0.3, -0.25) is 0 Å². The van der Waals surface area contributed by atoms with Crippen molar-refractivity contribution in [2.75, 3.05) is 25.1 Å². The van der Waals surface area contributed by atoms with E-state index in [0.717, 1.165) is 31.1 Å². The van der Waals surface area contributed by atoms with Crippen molar-refractivity contribution in [1.29, 1.82) is 0 Å². The Morgan fingerprint density at radius 2 is 2.19 bits per heavy atom. The standard InChI is InChI=1S/C17H23N3O/c1-21-15-7-6-13-8-10-19-17(16(13)12-15)20(11-3-9-18)14-4-2-5-14/h6-8,10,12,14H,2-5,9,11,18H2,1H3. The number of rotatable bonds is 6. The highest BCUT2D eigenvalue weighted by atomic mass is 16.5.